The first-order chi connectivity index (χ1) is 15.1. The smallest absolute Gasteiger partial charge is 0.241 e. The highest BCUT2D eigenvalue weighted by Gasteiger charge is 2.31. The van der Waals surface area contributed by atoms with Crippen LogP contribution in [0.25, 0.3) is 16.0 Å². The van der Waals surface area contributed by atoms with Crippen LogP contribution in [0.5, 0.6) is 0 Å². The van der Waals surface area contributed by atoms with Crippen LogP contribution in [-0.2, 0) is 4.79 Å². The Morgan fingerprint density at radius 1 is 1.26 bits per heavy atom. The lowest BCUT2D eigenvalue weighted by Crippen LogP contribution is -2.50. The van der Waals surface area contributed by atoms with Gasteiger partial charge in [0.15, 0.2) is 0 Å². The number of benzene rings is 1. The SMILES string of the molecule is CCN1CCN(C(C(N)=O)c2nc3ccc(Sc4cnc5ncccn45)cc3s2)CC1. The summed E-state index contributed by atoms with van der Waals surface area (Å²) in [5.74, 6) is 0.343. The molecule has 4 heterocycles. The van der Waals surface area contributed by atoms with Gasteiger partial charge in [-0.1, -0.05) is 18.7 Å². The van der Waals surface area contributed by atoms with Gasteiger partial charge in [0.05, 0.1) is 16.4 Å². The maximum Gasteiger partial charge on any atom is 0.241 e. The molecule has 0 radical (unpaired) electrons. The Kier molecular flexibility index (Phi) is 5.61. The Hall–Kier alpha value is -2.53. The zero-order chi connectivity index (χ0) is 21.4. The molecule has 2 N–H and O–H groups in total. The molecule has 1 aromatic carbocycles. The average molecular weight is 454 g/mol. The summed E-state index contributed by atoms with van der Waals surface area (Å²) in [6.07, 6.45) is 5.52. The van der Waals surface area contributed by atoms with Crippen LogP contribution >= 0.6 is 23.1 Å². The molecule has 5 rings (SSSR count). The second-order valence-electron chi connectivity index (χ2n) is 7.44. The van der Waals surface area contributed by atoms with E-state index < -0.39 is 6.04 Å². The molecule has 1 unspecified atom stereocenters. The van der Waals surface area contributed by atoms with Crippen LogP contribution in [-0.4, -0.2) is 67.8 Å². The second kappa shape index (κ2) is 8.54. The van der Waals surface area contributed by atoms with Crippen molar-refractivity contribution in [3.63, 3.8) is 0 Å². The molecule has 0 bridgehead atoms. The fourth-order valence-corrected chi connectivity index (χ4v) is 6.03. The molecule has 0 spiro atoms. The molecule has 3 aromatic heterocycles. The molecule has 8 nitrogen and oxygen atoms in total. The fourth-order valence-electron chi connectivity index (χ4n) is 3.90. The van der Waals surface area contributed by atoms with E-state index in [9.17, 15) is 4.79 Å². The van der Waals surface area contributed by atoms with Crippen LogP contribution in [0.15, 0.2) is 52.8 Å². The van der Waals surface area contributed by atoms with Gasteiger partial charge < -0.3 is 10.6 Å². The van der Waals surface area contributed by atoms with Crippen molar-refractivity contribution in [2.75, 3.05) is 32.7 Å². The van der Waals surface area contributed by atoms with E-state index in [1.165, 1.54) is 0 Å². The van der Waals surface area contributed by atoms with Crippen LogP contribution in [0.4, 0.5) is 0 Å². The zero-order valence-electron chi connectivity index (χ0n) is 17.1. The van der Waals surface area contributed by atoms with E-state index >= 15 is 0 Å². The normalized spacial score (nSPS) is 16.8. The number of aromatic nitrogens is 4. The van der Waals surface area contributed by atoms with Crippen molar-refractivity contribution >= 4 is 45.0 Å². The van der Waals surface area contributed by atoms with E-state index in [-0.39, 0.29) is 5.91 Å². The number of fused-ring (bicyclic) bond motifs is 2. The molecular formula is C21H23N7OS2. The van der Waals surface area contributed by atoms with Crippen LogP contribution in [0, 0.1) is 0 Å². The summed E-state index contributed by atoms with van der Waals surface area (Å²) >= 11 is 3.17. The molecule has 4 aromatic rings. The number of hydrogen-bond donors (Lipinski definition) is 1. The van der Waals surface area contributed by atoms with Gasteiger partial charge in [-0.25, -0.2) is 15.0 Å². The number of amides is 1. The molecule has 31 heavy (non-hydrogen) atoms. The van der Waals surface area contributed by atoms with Crippen molar-refractivity contribution in [2.45, 2.75) is 22.9 Å². The molecule has 1 atom stereocenters. The van der Waals surface area contributed by atoms with Crippen molar-refractivity contribution in [1.29, 1.82) is 0 Å². The number of carbonyl (C=O) groups is 1. The summed E-state index contributed by atoms with van der Waals surface area (Å²) in [6, 6.07) is 7.58. The summed E-state index contributed by atoms with van der Waals surface area (Å²) < 4.78 is 3.01. The lowest BCUT2D eigenvalue weighted by atomic mass is 10.2. The molecule has 10 heteroatoms. The van der Waals surface area contributed by atoms with Crippen LogP contribution in [0.3, 0.4) is 0 Å². The topological polar surface area (TPSA) is 92.6 Å². The zero-order valence-corrected chi connectivity index (χ0v) is 18.8. The summed E-state index contributed by atoms with van der Waals surface area (Å²) in [4.78, 5) is 31.3. The standard InChI is InChI=1S/C21H23N7OS2/c1-2-26-8-10-27(11-9-26)18(19(22)29)20-25-15-5-4-14(12-16(15)31-20)30-17-13-24-21-23-6-3-7-28(17)21/h3-7,12-13,18H,2,8-11H2,1H3,(H2,22,29). The first-order valence-corrected chi connectivity index (χ1v) is 11.9. The van der Waals surface area contributed by atoms with Gasteiger partial charge in [0.2, 0.25) is 11.7 Å². The van der Waals surface area contributed by atoms with Gasteiger partial charge in [0.1, 0.15) is 16.1 Å². The van der Waals surface area contributed by atoms with Gasteiger partial charge in [-0.05, 0) is 30.8 Å². The summed E-state index contributed by atoms with van der Waals surface area (Å²) in [6.45, 7) is 6.72. The number of piperazine rings is 1. The first kappa shape index (κ1) is 20.4. The molecule has 0 saturated carbocycles. The first-order valence-electron chi connectivity index (χ1n) is 10.2. The Balaban J connectivity index is 1.41. The fraction of sp³-hybridized carbons (Fsp3) is 0.333. The summed E-state index contributed by atoms with van der Waals surface area (Å²) in [5.41, 5.74) is 6.71. The Labute approximate surface area is 188 Å². The van der Waals surface area contributed by atoms with Crippen LogP contribution in [0.2, 0.25) is 0 Å². The minimum Gasteiger partial charge on any atom is -0.368 e. The molecule has 1 fully saturated rings. The number of carbonyl (C=O) groups excluding carboxylic acids is 1. The van der Waals surface area contributed by atoms with Crippen LogP contribution < -0.4 is 5.73 Å². The minimum absolute atomic E-state index is 0.336. The average Bonchev–Trinajstić information content (AvgIpc) is 3.38. The number of thiazole rings is 1. The molecule has 1 amide bonds. The number of nitrogens with zero attached hydrogens (tertiary/aromatic N) is 6. The highest BCUT2D eigenvalue weighted by Crippen LogP contribution is 2.35. The number of primary amides is 1. The third-order valence-corrected chi connectivity index (χ3v) is 7.65. The summed E-state index contributed by atoms with van der Waals surface area (Å²) in [7, 11) is 0. The van der Waals surface area contributed by atoms with Crippen molar-refractivity contribution in [2.24, 2.45) is 5.73 Å². The number of likely N-dealkylation sites (N-methyl/N-ethyl adjacent to an activating group) is 1. The van der Waals surface area contributed by atoms with E-state index in [1.807, 2.05) is 35.0 Å². The largest absolute Gasteiger partial charge is 0.368 e. The van der Waals surface area contributed by atoms with E-state index in [0.29, 0.717) is 5.78 Å². The third-order valence-electron chi connectivity index (χ3n) is 5.58. The Morgan fingerprint density at radius 3 is 2.87 bits per heavy atom. The lowest BCUT2D eigenvalue weighted by Gasteiger charge is -2.36. The lowest BCUT2D eigenvalue weighted by molar-refractivity contribution is -0.124. The highest BCUT2D eigenvalue weighted by molar-refractivity contribution is 7.99. The molecule has 1 aliphatic heterocycles. The molecule has 0 aliphatic carbocycles. The maximum absolute atomic E-state index is 12.3. The highest BCUT2D eigenvalue weighted by atomic mass is 32.2. The van der Waals surface area contributed by atoms with Crippen molar-refractivity contribution in [1.82, 2.24) is 29.2 Å². The van der Waals surface area contributed by atoms with Gasteiger partial charge in [-0.2, -0.15) is 0 Å². The maximum atomic E-state index is 12.3. The van der Waals surface area contributed by atoms with Crippen molar-refractivity contribution < 1.29 is 4.79 Å². The second-order valence-corrected chi connectivity index (χ2v) is 9.60. The molecule has 160 valence electrons. The van der Waals surface area contributed by atoms with Crippen molar-refractivity contribution in [3.05, 3.63) is 47.9 Å². The molecule has 1 aliphatic rings. The van der Waals surface area contributed by atoms with E-state index in [1.54, 1.807) is 29.3 Å². The van der Waals surface area contributed by atoms with E-state index in [0.717, 1.165) is 57.9 Å². The third kappa shape index (κ3) is 4.03. The quantitative estimate of drug-likeness (QED) is 0.480. The van der Waals surface area contributed by atoms with E-state index in [2.05, 4.69) is 32.8 Å². The predicted octanol–water partition coefficient (Wildman–Crippen LogP) is 2.65. The van der Waals surface area contributed by atoms with Crippen LogP contribution in [0.1, 0.15) is 18.0 Å². The number of hydrogen-bond acceptors (Lipinski definition) is 8. The van der Waals surface area contributed by atoms with Gasteiger partial charge >= 0.3 is 0 Å². The number of imidazole rings is 1. The number of rotatable bonds is 6. The van der Waals surface area contributed by atoms with E-state index in [4.69, 9.17) is 10.7 Å². The van der Waals surface area contributed by atoms with Gasteiger partial charge in [-0.15, -0.1) is 11.3 Å². The minimum atomic E-state index is -0.475. The van der Waals surface area contributed by atoms with Crippen molar-refractivity contribution in [3.8, 4) is 0 Å². The molecular weight excluding hydrogens is 430 g/mol. The van der Waals surface area contributed by atoms with Gasteiger partial charge in [0, 0.05) is 43.5 Å². The monoisotopic (exact) mass is 453 g/mol. The summed E-state index contributed by atoms with van der Waals surface area (Å²) in [5, 5.41) is 1.77. The number of nitrogens with two attached hydrogens (primary N) is 1. The molecule has 1 saturated heterocycles. The Bertz CT molecular complexity index is 1230. The van der Waals surface area contributed by atoms with Gasteiger partial charge in [-0.3, -0.25) is 14.1 Å². The van der Waals surface area contributed by atoms with Gasteiger partial charge in [0.25, 0.3) is 0 Å². The Morgan fingerprint density at radius 2 is 2.10 bits per heavy atom. The predicted molar refractivity (Wildman–Crippen MR) is 122 cm³/mol.